The Morgan fingerprint density at radius 2 is 1.90 bits per heavy atom. The van der Waals surface area contributed by atoms with Crippen molar-refractivity contribution < 1.29 is 14.4 Å². The molecule has 8 heteroatoms. The van der Waals surface area contributed by atoms with E-state index >= 15 is 0 Å². The van der Waals surface area contributed by atoms with Crippen LogP contribution in [0.25, 0.3) is 0 Å². The second-order valence-electron chi connectivity index (χ2n) is 8.27. The van der Waals surface area contributed by atoms with Gasteiger partial charge in [0.05, 0.1) is 24.7 Å². The van der Waals surface area contributed by atoms with Crippen molar-refractivity contribution in [2.75, 3.05) is 11.9 Å². The molecular weight excluding hydrogens is 370 g/mol. The Hall–Kier alpha value is -3.16. The fraction of sp³-hybridized carbons (Fsp3) is 0.429. The highest BCUT2D eigenvalue weighted by Crippen LogP contribution is 2.42. The fourth-order valence-electron chi connectivity index (χ4n) is 3.76. The molecule has 1 saturated heterocycles. The molecule has 0 radical (unpaired) electrons. The second kappa shape index (κ2) is 8.06. The molecule has 2 aromatic rings. The minimum Gasteiger partial charge on any atom is -0.347 e. The zero-order chi connectivity index (χ0) is 21.2. The normalized spacial score (nSPS) is 19.3. The van der Waals surface area contributed by atoms with E-state index in [-0.39, 0.29) is 30.7 Å². The van der Waals surface area contributed by atoms with Gasteiger partial charge >= 0.3 is 0 Å². The molecule has 2 atom stereocenters. The highest BCUT2D eigenvalue weighted by molar-refractivity contribution is 5.96. The van der Waals surface area contributed by atoms with E-state index in [2.05, 4.69) is 15.7 Å². The zero-order valence-corrected chi connectivity index (χ0v) is 17.2. The summed E-state index contributed by atoms with van der Waals surface area (Å²) >= 11 is 0. The van der Waals surface area contributed by atoms with Gasteiger partial charge in [0.1, 0.15) is 0 Å². The van der Waals surface area contributed by atoms with Gasteiger partial charge in [-0.25, -0.2) is 0 Å². The van der Waals surface area contributed by atoms with Gasteiger partial charge in [-0.05, 0) is 32.9 Å². The fourth-order valence-corrected chi connectivity index (χ4v) is 3.76. The van der Waals surface area contributed by atoms with Crippen molar-refractivity contribution in [1.82, 2.24) is 20.0 Å². The summed E-state index contributed by atoms with van der Waals surface area (Å²) in [4.78, 5) is 39.6. The van der Waals surface area contributed by atoms with E-state index in [9.17, 15) is 14.4 Å². The Morgan fingerprint density at radius 3 is 2.48 bits per heavy atom. The molecule has 154 valence electrons. The number of aryl methyl sites for hydroxylation is 1. The van der Waals surface area contributed by atoms with Gasteiger partial charge in [0.25, 0.3) is 0 Å². The molecule has 0 unspecified atom stereocenters. The molecule has 1 aromatic carbocycles. The standard InChI is InChI=1S/C21H27N5O3/c1-21(2,3)26-18(28)10-16(19(26)14-11-23-25(4)13-14)20(29)22-12-17(27)24-15-8-6-5-7-9-15/h5-9,11,13,16,19H,10,12H2,1-4H3,(H,22,29)(H,24,27)/t16-,19+/m1/s1. The molecule has 3 amide bonds. The number of nitrogens with one attached hydrogen (secondary N) is 2. The first-order valence-electron chi connectivity index (χ1n) is 9.60. The van der Waals surface area contributed by atoms with E-state index in [1.807, 2.05) is 45.2 Å². The Balaban J connectivity index is 1.72. The van der Waals surface area contributed by atoms with Crippen LogP contribution in [0.1, 0.15) is 38.8 Å². The lowest BCUT2D eigenvalue weighted by Gasteiger charge is -2.38. The average Bonchev–Trinajstić information content (AvgIpc) is 3.23. The molecule has 8 nitrogen and oxygen atoms in total. The topological polar surface area (TPSA) is 96.3 Å². The minimum atomic E-state index is -0.588. The predicted octanol–water partition coefficient (Wildman–Crippen LogP) is 1.86. The van der Waals surface area contributed by atoms with Crippen molar-refractivity contribution in [1.29, 1.82) is 0 Å². The molecule has 29 heavy (non-hydrogen) atoms. The maximum absolute atomic E-state index is 12.9. The lowest BCUT2D eigenvalue weighted by atomic mass is 9.92. The zero-order valence-electron chi connectivity index (χ0n) is 17.2. The Bertz CT molecular complexity index is 901. The number of carbonyl (C=O) groups is 3. The summed E-state index contributed by atoms with van der Waals surface area (Å²) in [7, 11) is 1.80. The van der Waals surface area contributed by atoms with Crippen LogP contribution in [0.2, 0.25) is 0 Å². The molecule has 0 spiro atoms. The van der Waals surface area contributed by atoms with Crippen LogP contribution < -0.4 is 10.6 Å². The first-order chi connectivity index (χ1) is 13.7. The van der Waals surface area contributed by atoms with Gasteiger partial charge in [-0.2, -0.15) is 5.10 Å². The van der Waals surface area contributed by atoms with E-state index in [1.54, 1.807) is 35.0 Å². The first-order valence-corrected chi connectivity index (χ1v) is 9.60. The number of rotatable bonds is 5. The number of aromatic nitrogens is 2. The number of likely N-dealkylation sites (tertiary alicyclic amines) is 1. The van der Waals surface area contributed by atoms with Crippen molar-refractivity contribution in [2.24, 2.45) is 13.0 Å². The third kappa shape index (κ3) is 4.64. The maximum Gasteiger partial charge on any atom is 0.243 e. The number of anilines is 1. The summed E-state index contributed by atoms with van der Waals surface area (Å²) in [6.45, 7) is 5.68. The summed E-state index contributed by atoms with van der Waals surface area (Å²) in [5, 5.41) is 9.62. The Labute approximate surface area is 170 Å². The van der Waals surface area contributed by atoms with Gasteiger partial charge in [0.2, 0.25) is 17.7 Å². The average molecular weight is 397 g/mol. The molecule has 1 aliphatic heterocycles. The molecule has 1 aliphatic rings. The van der Waals surface area contributed by atoms with Crippen molar-refractivity contribution in [2.45, 2.75) is 38.8 Å². The van der Waals surface area contributed by atoms with Crippen molar-refractivity contribution in [3.8, 4) is 0 Å². The van der Waals surface area contributed by atoms with E-state index in [4.69, 9.17) is 0 Å². The second-order valence-corrected chi connectivity index (χ2v) is 8.27. The lowest BCUT2D eigenvalue weighted by Crippen LogP contribution is -2.45. The van der Waals surface area contributed by atoms with Crippen molar-refractivity contribution in [3.05, 3.63) is 48.3 Å². The number of hydrogen-bond donors (Lipinski definition) is 2. The number of hydrogen-bond acceptors (Lipinski definition) is 4. The van der Waals surface area contributed by atoms with Crippen LogP contribution in [0.15, 0.2) is 42.7 Å². The van der Waals surface area contributed by atoms with Crippen molar-refractivity contribution in [3.63, 3.8) is 0 Å². The summed E-state index contributed by atoms with van der Waals surface area (Å²) in [5.41, 5.74) is 1.02. The van der Waals surface area contributed by atoms with Crippen LogP contribution in [-0.2, 0) is 21.4 Å². The van der Waals surface area contributed by atoms with Crippen LogP contribution in [0.3, 0.4) is 0 Å². The van der Waals surface area contributed by atoms with Gasteiger partial charge in [-0.1, -0.05) is 18.2 Å². The SMILES string of the molecule is Cn1cc([C@H]2[C@H](C(=O)NCC(=O)Nc3ccccc3)CC(=O)N2C(C)(C)C)cn1. The number of carbonyl (C=O) groups excluding carboxylic acids is 3. The Morgan fingerprint density at radius 1 is 1.21 bits per heavy atom. The number of para-hydroxylation sites is 1. The first kappa shape index (κ1) is 20.6. The van der Waals surface area contributed by atoms with Crippen LogP contribution in [-0.4, -0.2) is 44.5 Å². The quantitative estimate of drug-likeness (QED) is 0.805. The van der Waals surface area contributed by atoms with Crippen LogP contribution >= 0.6 is 0 Å². The summed E-state index contributed by atoms with van der Waals surface area (Å²) in [6, 6.07) is 8.61. The van der Waals surface area contributed by atoms with E-state index < -0.39 is 17.5 Å². The van der Waals surface area contributed by atoms with E-state index in [1.165, 1.54) is 0 Å². The molecule has 0 saturated carbocycles. The van der Waals surface area contributed by atoms with Crippen LogP contribution in [0.4, 0.5) is 5.69 Å². The molecule has 0 aliphatic carbocycles. The minimum absolute atomic E-state index is 0.0831. The monoisotopic (exact) mass is 397 g/mol. The van der Waals surface area contributed by atoms with Gasteiger partial charge in [0, 0.05) is 36.5 Å². The van der Waals surface area contributed by atoms with E-state index in [0.29, 0.717) is 5.69 Å². The van der Waals surface area contributed by atoms with Gasteiger partial charge < -0.3 is 15.5 Å². The van der Waals surface area contributed by atoms with Crippen molar-refractivity contribution >= 4 is 23.4 Å². The number of benzene rings is 1. The highest BCUT2D eigenvalue weighted by Gasteiger charge is 2.48. The molecule has 2 heterocycles. The number of amides is 3. The molecule has 2 N–H and O–H groups in total. The molecule has 1 aromatic heterocycles. The summed E-state index contributed by atoms with van der Waals surface area (Å²) in [6.07, 6.45) is 3.61. The lowest BCUT2D eigenvalue weighted by molar-refractivity contribution is -0.133. The third-order valence-corrected chi connectivity index (χ3v) is 4.93. The summed E-state index contributed by atoms with van der Waals surface area (Å²) in [5.74, 6) is -1.31. The molecule has 1 fully saturated rings. The maximum atomic E-state index is 12.9. The Kier molecular flexibility index (Phi) is 5.72. The molecular formula is C21H27N5O3. The van der Waals surface area contributed by atoms with Crippen LogP contribution in [0.5, 0.6) is 0 Å². The molecule has 3 rings (SSSR count). The van der Waals surface area contributed by atoms with Gasteiger partial charge in [0.15, 0.2) is 0 Å². The largest absolute Gasteiger partial charge is 0.347 e. The van der Waals surface area contributed by atoms with Gasteiger partial charge in [-0.15, -0.1) is 0 Å². The van der Waals surface area contributed by atoms with Gasteiger partial charge in [-0.3, -0.25) is 19.1 Å². The molecule has 0 bridgehead atoms. The summed E-state index contributed by atoms with van der Waals surface area (Å²) < 4.78 is 1.65. The smallest absolute Gasteiger partial charge is 0.243 e. The third-order valence-electron chi connectivity index (χ3n) is 4.93. The predicted molar refractivity (Wildman–Crippen MR) is 109 cm³/mol. The van der Waals surface area contributed by atoms with E-state index in [0.717, 1.165) is 5.56 Å². The van der Waals surface area contributed by atoms with Crippen LogP contribution in [0, 0.1) is 5.92 Å². The number of nitrogens with zero attached hydrogens (tertiary/aromatic N) is 3. The highest BCUT2D eigenvalue weighted by atomic mass is 16.2.